The minimum atomic E-state index is -3.66. The van der Waals surface area contributed by atoms with E-state index in [1.54, 1.807) is 25.1 Å². The molecule has 0 saturated carbocycles. The Morgan fingerprint density at radius 1 is 1.19 bits per heavy atom. The molecule has 0 saturated heterocycles. The minimum Gasteiger partial charge on any atom is -0.496 e. The summed E-state index contributed by atoms with van der Waals surface area (Å²) < 4.78 is 38.0. The van der Waals surface area contributed by atoms with Gasteiger partial charge >= 0.3 is 0 Å². The molecule has 0 aliphatic carbocycles. The second-order valence-corrected chi connectivity index (χ2v) is 7.79. The number of aliphatic hydroxyl groups is 1. The summed E-state index contributed by atoms with van der Waals surface area (Å²) in [5.41, 5.74) is 1.42. The van der Waals surface area contributed by atoms with E-state index >= 15 is 0 Å². The average molecular weight is 375 g/mol. The molecule has 26 heavy (non-hydrogen) atoms. The maximum atomic E-state index is 12.4. The molecule has 1 heterocycles. The number of sulfonamides is 1. The van der Waals surface area contributed by atoms with E-state index in [2.05, 4.69) is 4.72 Å². The van der Waals surface area contributed by atoms with Crippen molar-refractivity contribution in [3.63, 3.8) is 0 Å². The van der Waals surface area contributed by atoms with Crippen molar-refractivity contribution < 1.29 is 22.7 Å². The molecular weight excluding hydrogens is 354 g/mol. The predicted molar refractivity (Wildman–Crippen MR) is 98.7 cm³/mol. The number of rotatable bonds is 7. The summed E-state index contributed by atoms with van der Waals surface area (Å²) >= 11 is 0. The SMILES string of the molecule is COc1ccc(S(=O)(=O)NCCC(O)c2cc3ccccc3o2)cc1C. The molecule has 138 valence electrons. The lowest BCUT2D eigenvalue weighted by molar-refractivity contribution is 0.144. The lowest BCUT2D eigenvalue weighted by Crippen LogP contribution is -2.26. The zero-order valence-electron chi connectivity index (χ0n) is 14.6. The van der Waals surface area contributed by atoms with Gasteiger partial charge in [-0.3, -0.25) is 0 Å². The summed E-state index contributed by atoms with van der Waals surface area (Å²) in [7, 11) is -2.12. The smallest absolute Gasteiger partial charge is 0.240 e. The number of nitrogens with one attached hydrogen (secondary N) is 1. The minimum absolute atomic E-state index is 0.0889. The Kier molecular flexibility index (Phi) is 5.31. The van der Waals surface area contributed by atoms with Gasteiger partial charge in [0.2, 0.25) is 10.0 Å². The van der Waals surface area contributed by atoms with Crippen LogP contribution in [0, 0.1) is 6.92 Å². The standard InChI is InChI=1S/C19H21NO5S/c1-13-11-15(7-8-17(13)24-2)26(22,23)20-10-9-16(21)19-12-14-5-3-4-6-18(14)25-19/h3-8,11-12,16,20-21H,9-10H2,1-2H3. The van der Waals surface area contributed by atoms with Crippen molar-refractivity contribution in [2.75, 3.05) is 13.7 Å². The van der Waals surface area contributed by atoms with Crippen LogP contribution in [0.5, 0.6) is 5.75 Å². The molecule has 3 aromatic rings. The highest BCUT2D eigenvalue weighted by atomic mass is 32.2. The Hall–Kier alpha value is -2.35. The third kappa shape index (κ3) is 3.90. The van der Waals surface area contributed by atoms with E-state index < -0.39 is 16.1 Å². The topological polar surface area (TPSA) is 88.8 Å². The van der Waals surface area contributed by atoms with Gasteiger partial charge in [0.1, 0.15) is 23.2 Å². The highest BCUT2D eigenvalue weighted by Gasteiger charge is 2.18. The first-order valence-electron chi connectivity index (χ1n) is 8.21. The molecule has 0 radical (unpaired) electrons. The van der Waals surface area contributed by atoms with Crippen molar-refractivity contribution in [1.29, 1.82) is 0 Å². The summed E-state index contributed by atoms with van der Waals surface area (Å²) in [4.78, 5) is 0.161. The van der Waals surface area contributed by atoms with Gasteiger partial charge in [0, 0.05) is 11.9 Å². The first-order chi connectivity index (χ1) is 12.4. The zero-order chi connectivity index (χ0) is 18.7. The molecule has 2 N–H and O–H groups in total. The molecule has 0 amide bonds. The van der Waals surface area contributed by atoms with Gasteiger partial charge in [0.05, 0.1) is 12.0 Å². The molecule has 0 aliphatic heterocycles. The van der Waals surface area contributed by atoms with Crippen LogP contribution in [0.4, 0.5) is 0 Å². The number of para-hydroxylation sites is 1. The van der Waals surface area contributed by atoms with E-state index in [1.807, 2.05) is 24.3 Å². The van der Waals surface area contributed by atoms with Crippen LogP contribution in [0.1, 0.15) is 23.8 Å². The fraction of sp³-hybridized carbons (Fsp3) is 0.263. The Labute approximate surface area is 152 Å². The van der Waals surface area contributed by atoms with Crippen molar-refractivity contribution in [3.8, 4) is 5.75 Å². The molecule has 2 aromatic carbocycles. The van der Waals surface area contributed by atoms with E-state index in [0.717, 1.165) is 10.9 Å². The van der Waals surface area contributed by atoms with Gasteiger partial charge in [0.25, 0.3) is 0 Å². The molecule has 1 aromatic heterocycles. The van der Waals surface area contributed by atoms with Gasteiger partial charge in [-0.15, -0.1) is 0 Å². The lowest BCUT2D eigenvalue weighted by Gasteiger charge is -2.11. The van der Waals surface area contributed by atoms with Crippen molar-refractivity contribution >= 4 is 21.0 Å². The fourth-order valence-corrected chi connectivity index (χ4v) is 3.87. The molecule has 3 rings (SSSR count). The highest BCUT2D eigenvalue weighted by Crippen LogP contribution is 2.25. The third-order valence-corrected chi connectivity index (χ3v) is 5.62. The lowest BCUT2D eigenvalue weighted by atomic mass is 10.2. The van der Waals surface area contributed by atoms with Crippen molar-refractivity contribution in [2.45, 2.75) is 24.3 Å². The Morgan fingerprint density at radius 2 is 1.96 bits per heavy atom. The molecule has 6 nitrogen and oxygen atoms in total. The van der Waals surface area contributed by atoms with Crippen LogP contribution in [-0.4, -0.2) is 27.2 Å². The van der Waals surface area contributed by atoms with Crippen molar-refractivity contribution in [3.05, 3.63) is 59.9 Å². The monoisotopic (exact) mass is 375 g/mol. The van der Waals surface area contributed by atoms with Crippen LogP contribution >= 0.6 is 0 Å². The van der Waals surface area contributed by atoms with E-state index in [-0.39, 0.29) is 17.9 Å². The first-order valence-corrected chi connectivity index (χ1v) is 9.70. The average Bonchev–Trinajstić information content (AvgIpc) is 3.05. The number of aryl methyl sites for hydroxylation is 1. The molecule has 1 atom stereocenters. The van der Waals surface area contributed by atoms with E-state index in [9.17, 15) is 13.5 Å². The molecule has 0 fully saturated rings. The van der Waals surface area contributed by atoms with E-state index in [0.29, 0.717) is 17.1 Å². The van der Waals surface area contributed by atoms with E-state index in [4.69, 9.17) is 9.15 Å². The summed E-state index contributed by atoms with van der Waals surface area (Å²) in [6.07, 6.45) is -0.684. The quantitative estimate of drug-likeness (QED) is 0.662. The third-order valence-electron chi connectivity index (χ3n) is 4.16. The van der Waals surface area contributed by atoms with Crippen molar-refractivity contribution in [2.24, 2.45) is 0 Å². The van der Waals surface area contributed by atoms with Crippen LogP contribution in [0.2, 0.25) is 0 Å². The number of aliphatic hydroxyl groups excluding tert-OH is 1. The fourth-order valence-electron chi connectivity index (χ4n) is 2.74. The number of hydrogen-bond donors (Lipinski definition) is 2. The summed E-state index contributed by atoms with van der Waals surface area (Å²) in [6.45, 7) is 1.87. The molecular formula is C19H21NO5S. The molecule has 0 aliphatic rings. The summed E-state index contributed by atoms with van der Waals surface area (Å²) in [5, 5.41) is 11.2. The Morgan fingerprint density at radius 3 is 2.65 bits per heavy atom. The highest BCUT2D eigenvalue weighted by molar-refractivity contribution is 7.89. The number of benzene rings is 2. The van der Waals surface area contributed by atoms with Crippen LogP contribution in [0.25, 0.3) is 11.0 Å². The normalized spacial score (nSPS) is 13.0. The molecule has 7 heteroatoms. The van der Waals surface area contributed by atoms with Crippen LogP contribution in [-0.2, 0) is 10.0 Å². The first kappa shape index (κ1) is 18.4. The van der Waals surface area contributed by atoms with Crippen molar-refractivity contribution in [1.82, 2.24) is 4.72 Å². The van der Waals surface area contributed by atoms with E-state index in [1.165, 1.54) is 13.2 Å². The molecule has 0 spiro atoms. The second-order valence-electron chi connectivity index (χ2n) is 6.02. The predicted octanol–water partition coefficient (Wildman–Crippen LogP) is 3.15. The van der Waals surface area contributed by atoms with Gasteiger partial charge in [-0.2, -0.15) is 0 Å². The van der Waals surface area contributed by atoms with Crippen LogP contribution in [0.3, 0.4) is 0 Å². The van der Waals surface area contributed by atoms with Gasteiger partial charge in [-0.25, -0.2) is 13.1 Å². The number of furan rings is 1. The van der Waals surface area contributed by atoms with Gasteiger partial charge in [-0.1, -0.05) is 18.2 Å². The largest absolute Gasteiger partial charge is 0.496 e. The van der Waals surface area contributed by atoms with Gasteiger partial charge in [-0.05, 0) is 49.2 Å². The Bertz CT molecular complexity index is 977. The number of fused-ring (bicyclic) bond motifs is 1. The molecule has 0 bridgehead atoms. The van der Waals surface area contributed by atoms with Gasteiger partial charge < -0.3 is 14.3 Å². The maximum Gasteiger partial charge on any atom is 0.240 e. The maximum absolute atomic E-state index is 12.4. The number of hydrogen-bond acceptors (Lipinski definition) is 5. The Balaban J connectivity index is 1.63. The van der Waals surface area contributed by atoms with Crippen LogP contribution in [0.15, 0.2) is 57.8 Å². The van der Waals surface area contributed by atoms with Crippen LogP contribution < -0.4 is 9.46 Å². The number of ether oxygens (including phenoxy) is 1. The summed E-state index contributed by atoms with van der Waals surface area (Å²) in [6, 6.07) is 13.9. The molecule has 1 unspecified atom stereocenters. The zero-order valence-corrected chi connectivity index (χ0v) is 15.4. The number of methoxy groups -OCH3 is 1. The second kappa shape index (κ2) is 7.49. The van der Waals surface area contributed by atoms with Gasteiger partial charge in [0.15, 0.2) is 0 Å². The summed E-state index contributed by atoms with van der Waals surface area (Å²) in [5.74, 6) is 1.05.